The van der Waals surface area contributed by atoms with Crippen LogP contribution in [-0.4, -0.2) is 28.0 Å². The number of thioether (sulfide) groups is 1. The molecule has 2 rings (SSSR count). The molecule has 0 saturated heterocycles. The van der Waals surface area contributed by atoms with Crippen LogP contribution in [0.4, 0.5) is 5.82 Å². The van der Waals surface area contributed by atoms with Gasteiger partial charge in [-0.05, 0) is 24.1 Å². The number of rotatable bonds is 5. The molecule has 0 fully saturated rings. The van der Waals surface area contributed by atoms with Gasteiger partial charge in [-0.1, -0.05) is 6.92 Å². The Kier molecular flexibility index (Phi) is 4.01. The van der Waals surface area contributed by atoms with Gasteiger partial charge in [0.1, 0.15) is 12.1 Å². The summed E-state index contributed by atoms with van der Waals surface area (Å²) in [5, 5.41) is 6.12. The molecule has 0 bridgehead atoms. The van der Waals surface area contributed by atoms with Crippen molar-refractivity contribution in [2.45, 2.75) is 18.6 Å². The zero-order valence-electron chi connectivity index (χ0n) is 9.43. The molecular formula is C11H15N3S2. The predicted octanol–water partition coefficient (Wildman–Crippen LogP) is 3.24. The maximum Gasteiger partial charge on any atom is 0.147 e. The number of thiophene rings is 1. The van der Waals surface area contributed by atoms with Crippen molar-refractivity contribution in [2.75, 3.05) is 18.1 Å². The second-order valence-electron chi connectivity index (χ2n) is 3.62. The largest absolute Gasteiger partial charge is 0.369 e. The maximum absolute atomic E-state index is 4.28. The maximum atomic E-state index is 4.28. The van der Waals surface area contributed by atoms with Crippen molar-refractivity contribution < 1.29 is 0 Å². The van der Waals surface area contributed by atoms with Crippen molar-refractivity contribution in [2.24, 2.45) is 0 Å². The standard InChI is InChI=1S/C11H15N3S2/c1-8(15-2)3-5-12-11-10-9(4-6-16-10)13-7-14-11/h4,6-8H,3,5H2,1-2H3,(H,12,13,14). The van der Waals surface area contributed by atoms with Crippen molar-refractivity contribution in [1.82, 2.24) is 9.97 Å². The molecule has 2 aromatic heterocycles. The monoisotopic (exact) mass is 253 g/mol. The Morgan fingerprint density at radius 2 is 2.38 bits per heavy atom. The number of hydrogen-bond acceptors (Lipinski definition) is 5. The van der Waals surface area contributed by atoms with Gasteiger partial charge in [0.15, 0.2) is 0 Å². The van der Waals surface area contributed by atoms with E-state index in [1.165, 1.54) is 0 Å². The molecule has 2 aromatic rings. The SMILES string of the molecule is CSC(C)CCNc1ncnc2ccsc12. The molecule has 86 valence electrons. The highest BCUT2D eigenvalue weighted by molar-refractivity contribution is 7.99. The lowest BCUT2D eigenvalue weighted by Crippen LogP contribution is -2.08. The molecule has 1 unspecified atom stereocenters. The third-order valence-electron chi connectivity index (χ3n) is 2.49. The molecule has 1 N–H and O–H groups in total. The van der Waals surface area contributed by atoms with E-state index in [-0.39, 0.29) is 0 Å². The normalized spacial score (nSPS) is 12.9. The Morgan fingerprint density at radius 3 is 3.19 bits per heavy atom. The summed E-state index contributed by atoms with van der Waals surface area (Å²) < 4.78 is 1.15. The fourth-order valence-corrected chi connectivity index (χ4v) is 2.59. The van der Waals surface area contributed by atoms with Gasteiger partial charge >= 0.3 is 0 Å². The van der Waals surface area contributed by atoms with Crippen LogP contribution >= 0.6 is 23.1 Å². The minimum Gasteiger partial charge on any atom is -0.369 e. The van der Waals surface area contributed by atoms with Crippen molar-refractivity contribution >= 4 is 39.1 Å². The first-order valence-electron chi connectivity index (χ1n) is 5.26. The number of aromatic nitrogens is 2. The Bertz CT molecular complexity index is 455. The molecular weight excluding hydrogens is 238 g/mol. The van der Waals surface area contributed by atoms with Crippen LogP contribution < -0.4 is 5.32 Å². The van der Waals surface area contributed by atoms with Crippen LogP contribution in [0.15, 0.2) is 17.8 Å². The van der Waals surface area contributed by atoms with Gasteiger partial charge in [0.05, 0.1) is 10.2 Å². The number of nitrogens with zero attached hydrogens (tertiary/aromatic N) is 2. The summed E-state index contributed by atoms with van der Waals surface area (Å²) in [5.74, 6) is 0.966. The lowest BCUT2D eigenvalue weighted by molar-refractivity contribution is 0.851. The van der Waals surface area contributed by atoms with E-state index in [1.807, 2.05) is 17.8 Å². The summed E-state index contributed by atoms with van der Waals surface area (Å²) >= 11 is 3.58. The summed E-state index contributed by atoms with van der Waals surface area (Å²) in [7, 11) is 0. The number of hydrogen-bond donors (Lipinski definition) is 1. The number of nitrogens with one attached hydrogen (secondary N) is 1. The highest BCUT2D eigenvalue weighted by Gasteiger charge is 2.04. The van der Waals surface area contributed by atoms with Crippen LogP contribution in [0.5, 0.6) is 0 Å². The van der Waals surface area contributed by atoms with Gasteiger partial charge in [0.2, 0.25) is 0 Å². The molecule has 3 nitrogen and oxygen atoms in total. The molecule has 1 atom stereocenters. The second kappa shape index (κ2) is 5.50. The van der Waals surface area contributed by atoms with Gasteiger partial charge in [-0.15, -0.1) is 11.3 Å². The molecule has 0 aliphatic rings. The van der Waals surface area contributed by atoms with Crippen molar-refractivity contribution in [3.05, 3.63) is 17.8 Å². The first-order valence-corrected chi connectivity index (χ1v) is 7.43. The molecule has 5 heteroatoms. The van der Waals surface area contributed by atoms with Crippen LogP contribution in [0.2, 0.25) is 0 Å². The topological polar surface area (TPSA) is 37.8 Å². The molecule has 0 aromatic carbocycles. The molecule has 0 radical (unpaired) electrons. The van der Waals surface area contributed by atoms with E-state index in [0.717, 1.165) is 29.0 Å². The van der Waals surface area contributed by atoms with Crippen molar-refractivity contribution in [1.29, 1.82) is 0 Å². The summed E-state index contributed by atoms with van der Waals surface area (Å²) in [6.07, 6.45) is 4.92. The van der Waals surface area contributed by atoms with Crippen molar-refractivity contribution in [3.63, 3.8) is 0 Å². The molecule has 0 spiro atoms. The minimum absolute atomic E-state index is 0.688. The zero-order valence-corrected chi connectivity index (χ0v) is 11.1. The zero-order chi connectivity index (χ0) is 11.4. The summed E-state index contributed by atoms with van der Waals surface area (Å²) in [6, 6.07) is 2.03. The molecule has 0 aliphatic carbocycles. The fourth-order valence-electron chi connectivity index (χ4n) is 1.43. The first kappa shape index (κ1) is 11.7. The Morgan fingerprint density at radius 1 is 1.50 bits per heavy atom. The number of fused-ring (bicyclic) bond motifs is 1. The van der Waals surface area contributed by atoms with Crippen LogP contribution in [-0.2, 0) is 0 Å². The van der Waals surface area contributed by atoms with Gasteiger partial charge < -0.3 is 5.32 Å². The highest BCUT2D eigenvalue weighted by atomic mass is 32.2. The molecule has 2 heterocycles. The number of anilines is 1. The fraction of sp³-hybridized carbons (Fsp3) is 0.455. The highest BCUT2D eigenvalue weighted by Crippen LogP contribution is 2.24. The van der Waals surface area contributed by atoms with E-state index < -0.39 is 0 Å². The Labute approximate surface area is 104 Å². The molecule has 0 saturated carbocycles. The second-order valence-corrected chi connectivity index (χ2v) is 5.81. The summed E-state index contributed by atoms with van der Waals surface area (Å²) in [6.45, 7) is 3.21. The van der Waals surface area contributed by atoms with Gasteiger partial charge in [0.25, 0.3) is 0 Å². The van der Waals surface area contributed by atoms with Gasteiger partial charge in [-0.3, -0.25) is 0 Å². The van der Waals surface area contributed by atoms with E-state index in [1.54, 1.807) is 17.7 Å². The van der Waals surface area contributed by atoms with Gasteiger partial charge in [-0.2, -0.15) is 11.8 Å². The Hall–Kier alpha value is -0.810. The summed E-state index contributed by atoms with van der Waals surface area (Å²) in [5.41, 5.74) is 1.03. The predicted molar refractivity (Wildman–Crippen MR) is 73.5 cm³/mol. The quantitative estimate of drug-likeness (QED) is 0.887. The molecule has 16 heavy (non-hydrogen) atoms. The minimum atomic E-state index is 0.688. The van der Waals surface area contributed by atoms with E-state index >= 15 is 0 Å². The van der Waals surface area contributed by atoms with E-state index in [0.29, 0.717) is 5.25 Å². The Balaban J connectivity index is 2.01. The third kappa shape index (κ3) is 2.65. The first-order chi connectivity index (χ1) is 7.81. The van der Waals surface area contributed by atoms with Crippen LogP contribution in [0.1, 0.15) is 13.3 Å². The molecule has 0 aliphatic heterocycles. The van der Waals surface area contributed by atoms with Crippen LogP contribution in [0.25, 0.3) is 10.2 Å². The smallest absolute Gasteiger partial charge is 0.147 e. The van der Waals surface area contributed by atoms with E-state index in [4.69, 9.17) is 0 Å². The van der Waals surface area contributed by atoms with Gasteiger partial charge in [-0.25, -0.2) is 9.97 Å². The lowest BCUT2D eigenvalue weighted by Gasteiger charge is -2.09. The summed E-state index contributed by atoms with van der Waals surface area (Å²) in [4.78, 5) is 8.50. The van der Waals surface area contributed by atoms with E-state index in [9.17, 15) is 0 Å². The van der Waals surface area contributed by atoms with E-state index in [2.05, 4.69) is 33.8 Å². The third-order valence-corrected chi connectivity index (χ3v) is 4.44. The average molecular weight is 253 g/mol. The van der Waals surface area contributed by atoms with Crippen molar-refractivity contribution in [3.8, 4) is 0 Å². The van der Waals surface area contributed by atoms with Crippen LogP contribution in [0, 0.1) is 0 Å². The molecule has 0 amide bonds. The lowest BCUT2D eigenvalue weighted by atomic mass is 10.3. The average Bonchev–Trinajstić information content (AvgIpc) is 2.77. The van der Waals surface area contributed by atoms with Crippen LogP contribution in [0.3, 0.4) is 0 Å². The van der Waals surface area contributed by atoms with Gasteiger partial charge in [0, 0.05) is 11.8 Å².